The van der Waals surface area contributed by atoms with E-state index in [1.54, 1.807) is 0 Å². The molecule has 2 heterocycles. The van der Waals surface area contributed by atoms with Crippen LogP contribution in [0.2, 0.25) is 0 Å². The van der Waals surface area contributed by atoms with Crippen LogP contribution in [-0.4, -0.2) is 10.7 Å². The van der Waals surface area contributed by atoms with E-state index < -0.39 is 0 Å². The number of carbonyl (C=O) groups excluding carboxylic acids is 1. The second-order valence-corrected chi connectivity index (χ2v) is 6.67. The summed E-state index contributed by atoms with van der Waals surface area (Å²) >= 11 is 0. The molecule has 0 atom stereocenters. The van der Waals surface area contributed by atoms with Crippen molar-refractivity contribution >= 4 is 22.6 Å². The van der Waals surface area contributed by atoms with Crippen molar-refractivity contribution in [3.05, 3.63) is 77.1 Å². The molecular formula is C22H17NO. The zero-order chi connectivity index (χ0) is 16.3. The molecule has 0 saturated carbocycles. The van der Waals surface area contributed by atoms with E-state index in [9.17, 15) is 4.79 Å². The van der Waals surface area contributed by atoms with Crippen LogP contribution in [0.3, 0.4) is 0 Å². The minimum absolute atomic E-state index is 0.726. The van der Waals surface area contributed by atoms with E-state index in [-0.39, 0.29) is 0 Å². The number of pyridine rings is 1. The average molecular weight is 311 g/mol. The molecule has 0 amide bonds. The van der Waals surface area contributed by atoms with Gasteiger partial charge in [-0.3, -0.25) is 4.79 Å². The second kappa shape index (κ2) is 4.81. The van der Waals surface area contributed by atoms with Crippen LogP contribution < -0.4 is 0 Å². The number of hydrogen-bond acceptors (Lipinski definition) is 1. The van der Waals surface area contributed by atoms with E-state index >= 15 is 0 Å². The molecule has 4 aromatic rings. The van der Waals surface area contributed by atoms with Crippen LogP contribution in [0.5, 0.6) is 0 Å². The van der Waals surface area contributed by atoms with Gasteiger partial charge >= 0.3 is 0 Å². The molecule has 5 rings (SSSR count). The third-order valence-electron chi connectivity index (χ3n) is 5.25. The first-order valence-corrected chi connectivity index (χ1v) is 8.37. The predicted molar refractivity (Wildman–Crippen MR) is 97.9 cm³/mol. The van der Waals surface area contributed by atoms with E-state index in [0.717, 1.165) is 41.5 Å². The zero-order valence-corrected chi connectivity index (χ0v) is 13.5. The van der Waals surface area contributed by atoms with Crippen LogP contribution in [0.15, 0.2) is 54.7 Å². The lowest BCUT2D eigenvalue weighted by molar-refractivity contribution is 0.111. The molecule has 116 valence electrons. The maximum atomic E-state index is 11.8. The van der Waals surface area contributed by atoms with E-state index in [1.165, 1.54) is 27.5 Å². The Bertz CT molecular complexity index is 1120. The van der Waals surface area contributed by atoms with Gasteiger partial charge in [-0.15, -0.1) is 0 Å². The lowest BCUT2D eigenvalue weighted by Gasteiger charge is -2.09. The Morgan fingerprint density at radius 3 is 2.62 bits per heavy atom. The first-order chi connectivity index (χ1) is 11.8. The zero-order valence-electron chi connectivity index (χ0n) is 13.5. The summed E-state index contributed by atoms with van der Waals surface area (Å²) in [6.07, 6.45) is 5.19. The molecule has 1 aliphatic carbocycles. The molecule has 0 N–H and O–H groups in total. The maximum absolute atomic E-state index is 11.8. The number of hydrogen-bond donors (Lipinski definition) is 0. The summed E-state index contributed by atoms with van der Waals surface area (Å²) in [5.41, 5.74) is 8.02. The van der Waals surface area contributed by atoms with E-state index in [4.69, 9.17) is 0 Å². The van der Waals surface area contributed by atoms with Crippen molar-refractivity contribution in [1.29, 1.82) is 0 Å². The fourth-order valence-electron chi connectivity index (χ4n) is 4.13. The Hall–Kier alpha value is -2.87. The van der Waals surface area contributed by atoms with Gasteiger partial charge in [0.15, 0.2) is 6.29 Å². The Morgan fingerprint density at radius 1 is 0.958 bits per heavy atom. The monoisotopic (exact) mass is 311 g/mol. The van der Waals surface area contributed by atoms with Gasteiger partial charge in [0.05, 0.1) is 5.69 Å². The normalized spacial score (nSPS) is 13.0. The molecule has 2 aromatic carbocycles. The van der Waals surface area contributed by atoms with Crippen LogP contribution in [0.1, 0.15) is 27.2 Å². The first-order valence-electron chi connectivity index (χ1n) is 8.37. The van der Waals surface area contributed by atoms with Crippen molar-refractivity contribution in [2.75, 3.05) is 0 Å². The molecule has 2 nitrogen and oxygen atoms in total. The second-order valence-electron chi connectivity index (χ2n) is 6.67. The standard InChI is InChI=1S/C22H17NO/c1-14-9-10-23-17(11-14)12-20(21(23)13-24)18-8-7-16-6-5-15-3-2-4-19(18)22(15)16/h2-4,7-13H,5-6H2,1H3. The summed E-state index contributed by atoms with van der Waals surface area (Å²) in [6, 6.07) is 17.3. The fraction of sp³-hybridized carbons (Fsp3) is 0.136. The molecule has 2 aromatic heterocycles. The van der Waals surface area contributed by atoms with Gasteiger partial charge < -0.3 is 4.40 Å². The Balaban J connectivity index is 1.89. The van der Waals surface area contributed by atoms with Gasteiger partial charge in [-0.1, -0.05) is 30.3 Å². The fourth-order valence-corrected chi connectivity index (χ4v) is 4.13. The first kappa shape index (κ1) is 13.6. The van der Waals surface area contributed by atoms with Crippen LogP contribution in [0, 0.1) is 6.92 Å². The summed E-state index contributed by atoms with van der Waals surface area (Å²) in [5, 5.41) is 2.65. The largest absolute Gasteiger partial charge is 0.314 e. The molecule has 0 unspecified atom stereocenters. The number of carbonyl (C=O) groups is 1. The van der Waals surface area contributed by atoms with Crippen LogP contribution in [0.4, 0.5) is 0 Å². The number of fused-ring (bicyclic) bond motifs is 1. The van der Waals surface area contributed by atoms with Crippen molar-refractivity contribution in [2.24, 2.45) is 0 Å². The third-order valence-corrected chi connectivity index (χ3v) is 5.25. The number of aldehydes is 1. The molecular weight excluding hydrogens is 294 g/mol. The van der Waals surface area contributed by atoms with Crippen molar-refractivity contribution in [1.82, 2.24) is 4.40 Å². The van der Waals surface area contributed by atoms with Crippen molar-refractivity contribution in [3.8, 4) is 11.1 Å². The van der Waals surface area contributed by atoms with E-state index in [0.29, 0.717) is 0 Å². The molecule has 0 saturated heterocycles. The number of benzene rings is 2. The minimum Gasteiger partial charge on any atom is -0.314 e. The average Bonchev–Trinajstić information content (AvgIpc) is 3.17. The molecule has 0 fully saturated rings. The third kappa shape index (κ3) is 1.74. The lowest BCUT2D eigenvalue weighted by atomic mass is 9.95. The van der Waals surface area contributed by atoms with Crippen molar-refractivity contribution in [3.63, 3.8) is 0 Å². The highest BCUT2D eigenvalue weighted by Gasteiger charge is 2.19. The van der Waals surface area contributed by atoms with Gasteiger partial charge in [-0.2, -0.15) is 0 Å². The predicted octanol–water partition coefficient (Wildman–Crippen LogP) is 4.98. The summed E-state index contributed by atoms with van der Waals surface area (Å²) in [4.78, 5) is 11.8. The molecule has 1 aliphatic rings. The van der Waals surface area contributed by atoms with Crippen LogP contribution in [0.25, 0.3) is 27.4 Å². The SMILES string of the molecule is Cc1ccn2c(C=O)c(-c3ccc4c5c(cccc35)CC4)cc2c1. The summed E-state index contributed by atoms with van der Waals surface area (Å²) in [6.45, 7) is 2.08. The van der Waals surface area contributed by atoms with Crippen LogP contribution in [-0.2, 0) is 12.8 Å². The van der Waals surface area contributed by atoms with E-state index in [1.807, 2.05) is 16.7 Å². The van der Waals surface area contributed by atoms with Crippen LogP contribution >= 0.6 is 0 Å². The highest BCUT2D eigenvalue weighted by atomic mass is 16.1. The summed E-state index contributed by atoms with van der Waals surface area (Å²) in [7, 11) is 0. The topological polar surface area (TPSA) is 21.5 Å². The van der Waals surface area contributed by atoms with Gasteiger partial charge in [0.2, 0.25) is 0 Å². The highest BCUT2D eigenvalue weighted by molar-refractivity contribution is 6.04. The molecule has 0 bridgehead atoms. The molecule has 0 radical (unpaired) electrons. The number of aryl methyl sites for hydroxylation is 3. The summed E-state index contributed by atoms with van der Waals surface area (Å²) in [5.74, 6) is 0. The lowest BCUT2D eigenvalue weighted by Crippen LogP contribution is -1.93. The highest BCUT2D eigenvalue weighted by Crippen LogP contribution is 2.38. The molecule has 2 heteroatoms. The number of rotatable bonds is 2. The summed E-state index contributed by atoms with van der Waals surface area (Å²) < 4.78 is 1.98. The van der Waals surface area contributed by atoms with Gasteiger partial charge in [0, 0.05) is 17.3 Å². The molecule has 0 aliphatic heterocycles. The van der Waals surface area contributed by atoms with E-state index in [2.05, 4.69) is 49.4 Å². The molecule has 24 heavy (non-hydrogen) atoms. The van der Waals surface area contributed by atoms with Crippen molar-refractivity contribution < 1.29 is 4.79 Å². The smallest absolute Gasteiger partial charge is 0.167 e. The Labute approximate surface area is 140 Å². The molecule has 0 spiro atoms. The van der Waals surface area contributed by atoms with Gasteiger partial charge in [-0.25, -0.2) is 0 Å². The van der Waals surface area contributed by atoms with Gasteiger partial charge in [0.25, 0.3) is 0 Å². The van der Waals surface area contributed by atoms with Crippen molar-refractivity contribution in [2.45, 2.75) is 19.8 Å². The maximum Gasteiger partial charge on any atom is 0.167 e. The van der Waals surface area contributed by atoms with Gasteiger partial charge in [0.1, 0.15) is 0 Å². The minimum atomic E-state index is 0.726. The quantitative estimate of drug-likeness (QED) is 0.478. The van der Waals surface area contributed by atoms with Gasteiger partial charge in [-0.05, 0) is 71.0 Å². The Kier molecular flexibility index (Phi) is 2.72. The number of nitrogens with zero attached hydrogens (tertiary/aromatic N) is 1. The Morgan fingerprint density at radius 2 is 1.79 bits per heavy atom. The number of aromatic nitrogens is 1.